The van der Waals surface area contributed by atoms with Gasteiger partial charge in [0.25, 0.3) is 0 Å². The summed E-state index contributed by atoms with van der Waals surface area (Å²) in [5.74, 6) is -6.19. The molecule has 8 aromatic rings. The van der Waals surface area contributed by atoms with Crippen molar-refractivity contribution in [2.45, 2.75) is 0 Å². The van der Waals surface area contributed by atoms with Gasteiger partial charge in [-0.25, -0.2) is 26.3 Å². The van der Waals surface area contributed by atoms with Crippen LogP contribution in [-0.4, -0.2) is 34.7 Å². The highest BCUT2D eigenvalue weighted by atomic mass is 19.1. The van der Waals surface area contributed by atoms with Crippen LogP contribution >= 0.6 is 0 Å². The molecule has 0 radical (unpaired) electrons. The van der Waals surface area contributed by atoms with E-state index in [-0.39, 0.29) is 66.8 Å². The van der Waals surface area contributed by atoms with E-state index in [4.69, 9.17) is 0 Å². The molecular weight excluding hydrogens is 859 g/mol. The summed E-state index contributed by atoms with van der Waals surface area (Å²) >= 11 is 0. The van der Waals surface area contributed by atoms with E-state index in [0.717, 1.165) is 72.8 Å². The Labute approximate surface area is 372 Å². The Bertz CT molecular complexity index is 2570. The lowest BCUT2D eigenvalue weighted by molar-refractivity contribution is 0.101. The van der Waals surface area contributed by atoms with Gasteiger partial charge in [-0.05, 0) is 182 Å². The summed E-state index contributed by atoms with van der Waals surface area (Å²) in [4.78, 5) is 78.2. The standard InChI is InChI=1S/2C27H15F3O3/c2*28-22-7-1-16(2-8-22)25(31)19-13-20(26(32)17-3-9-23(29)10-4-17)15-21(14-19)27(33)18-5-11-24(30)12-6-18/h2*1-15H. The van der Waals surface area contributed by atoms with Crippen LogP contribution in [0.15, 0.2) is 182 Å². The predicted molar refractivity (Wildman–Crippen MR) is 232 cm³/mol. The normalized spacial score (nSPS) is 10.6. The summed E-state index contributed by atoms with van der Waals surface area (Å²) in [7, 11) is 0. The molecule has 12 heteroatoms. The summed E-state index contributed by atoms with van der Waals surface area (Å²) in [5.41, 5.74) is 1.27. The van der Waals surface area contributed by atoms with E-state index in [2.05, 4.69) is 0 Å². The first kappa shape index (κ1) is 45.4. The van der Waals surface area contributed by atoms with E-state index >= 15 is 0 Å². The van der Waals surface area contributed by atoms with Gasteiger partial charge in [-0.1, -0.05) is 0 Å². The molecule has 0 saturated heterocycles. The van der Waals surface area contributed by atoms with Gasteiger partial charge in [0, 0.05) is 66.8 Å². The highest BCUT2D eigenvalue weighted by molar-refractivity contribution is 6.18. The van der Waals surface area contributed by atoms with Crippen LogP contribution in [0.25, 0.3) is 0 Å². The van der Waals surface area contributed by atoms with Crippen molar-refractivity contribution in [2.75, 3.05) is 0 Å². The maximum Gasteiger partial charge on any atom is 0.193 e. The predicted octanol–water partition coefficient (Wildman–Crippen LogP) is 11.6. The fraction of sp³-hybridized carbons (Fsp3) is 0. The second kappa shape index (κ2) is 19.8. The van der Waals surface area contributed by atoms with Crippen molar-refractivity contribution >= 4 is 34.7 Å². The van der Waals surface area contributed by atoms with Crippen LogP contribution in [0.4, 0.5) is 26.3 Å². The molecule has 324 valence electrons. The van der Waals surface area contributed by atoms with E-state index in [9.17, 15) is 55.1 Å². The van der Waals surface area contributed by atoms with Gasteiger partial charge in [-0.2, -0.15) is 0 Å². The molecule has 0 unspecified atom stereocenters. The van der Waals surface area contributed by atoms with Gasteiger partial charge in [0.2, 0.25) is 0 Å². The number of ketones is 6. The summed E-state index contributed by atoms with van der Waals surface area (Å²) < 4.78 is 79.6. The zero-order chi connectivity index (χ0) is 47.1. The minimum absolute atomic E-state index is 0.0417. The average molecular weight is 889 g/mol. The number of halogens is 6. The van der Waals surface area contributed by atoms with Crippen molar-refractivity contribution in [1.82, 2.24) is 0 Å². The van der Waals surface area contributed by atoms with Gasteiger partial charge in [-0.3, -0.25) is 28.8 Å². The Balaban J connectivity index is 0.000000196. The third-order valence-electron chi connectivity index (χ3n) is 10.1. The third kappa shape index (κ3) is 10.7. The molecule has 0 N–H and O–H groups in total. The van der Waals surface area contributed by atoms with E-state index in [0.29, 0.717) is 0 Å². The van der Waals surface area contributed by atoms with Crippen molar-refractivity contribution in [2.24, 2.45) is 0 Å². The Morgan fingerprint density at radius 2 is 0.288 bits per heavy atom. The number of rotatable bonds is 12. The van der Waals surface area contributed by atoms with Crippen molar-refractivity contribution < 1.29 is 55.1 Å². The molecular formula is C54H30F6O6. The van der Waals surface area contributed by atoms with Crippen LogP contribution in [0.5, 0.6) is 0 Å². The monoisotopic (exact) mass is 888 g/mol. The second-order valence-electron chi connectivity index (χ2n) is 14.6. The number of carbonyl (C=O) groups excluding carboxylic acids is 6. The molecule has 0 aromatic heterocycles. The smallest absolute Gasteiger partial charge is 0.193 e. The van der Waals surface area contributed by atoms with Crippen LogP contribution in [0.3, 0.4) is 0 Å². The van der Waals surface area contributed by atoms with Crippen LogP contribution in [0.1, 0.15) is 95.5 Å². The van der Waals surface area contributed by atoms with Crippen LogP contribution < -0.4 is 0 Å². The Morgan fingerprint density at radius 1 is 0.182 bits per heavy atom. The first-order chi connectivity index (χ1) is 31.6. The summed E-state index contributed by atoms with van der Waals surface area (Å²) in [6.07, 6.45) is 0. The Hall–Kier alpha value is -8.64. The molecule has 6 nitrogen and oxygen atoms in total. The quantitative estimate of drug-likeness (QED) is 0.0894. The maximum absolute atomic E-state index is 13.3. The van der Waals surface area contributed by atoms with Crippen molar-refractivity contribution in [3.8, 4) is 0 Å². The SMILES string of the molecule is O=C(c1ccc(F)cc1)c1cc(C(=O)c2ccc(F)cc2)cc(C(=O)c2ccc(F)cc2)c1.O=C(c1ccc(F)cc1)c1cc(C(=O)c2ccc(F)cc2)cc(C(=O)c2ccc(F)cc2)c1. The molecule has 66 heavy (non-hydrogen) atoms. The van der Waals surface area contributed by atoms with E-state index in [1.54, 1.807) is 0 Å². The van der Waals surface area contributed by atoms with Gasteiger partial charge in [-0.15, -0.1) is 0 Å². The van der Waals surface area contributed by atoms with E-state index in [1.165, 1.54) is 109 Å². The molecule has 8 aromatic carbocycles. The summed E-state index contributed by atoms with van der Waals surface area (Å²) in [6, 6.07) is 37.1. The van der Waals surface area contributed by atoms with Gasteiger partial charge in [0.1, 0.15) is 34.9 Å². The molecule has 0 heterocycles. The van der Waals surface area contributed by atoms with Crippen molar-refractivity contribution in [3.05, 3.63) is 284 Å². The fourth-order valence-corrected chi connectivity index (χ4v) is 6.65. The van der Waals surface area contributed by atoms with Gasteiger partial charge in [0.05, 0.1) is 0 Å². The highest BCUT2D eigenvalue weighted by Gasteiger charge is 2.22. The molecule has 0 atom stereocenters. The second-order valence-corrected chi connectivity index (χ2v) is 14.6. The van der Waals surface area contributed by atoms with Crippen molar-refractivity contribution in [3.63, 3.8) is 0 Å². The summed E-state index contributed by atoms with van der Waals surface area (Å²) in [6.45, 7) is 0. The summed E-state index contributed by atoms with van der Waals surface area (Å²) in [5, 5.41) is 0. The first-order valence-corrected chi connectivity index (χ1v) is 19.8. The van der Waals surface area contributed by atoms with Gasteiger partial charge in [0.15, 0.2) is 34.7 Å². The van der Waals surface area contributed by atoms with Crippen LogP contribution in [-0.2, 0) is 0 Å². The average Bonchev–Trinajstić information content (AvgIpc) is 3.34. The third-order valence-corrected chi connectivity index (χ3v) is 10.1. The molecule has 0 aliphatic carbocycles. The molecule has 0 aliphatic heterocycles. The molecule has 0 amide bonds. The van der Waals surface area contributed by atoms with Gasteiger partial charge >= 0.3 is 0 Å². The van der Waals surface area contributed by atoms with Crippen molar-refractivity contribution in [1.29, 1.82) is 0 Å². The highest BCUT2D eigenvalue weighted by Crippen LogP contribution is 2.23. The maximum atomic E-state index is 13.3. The van der Waals surface area contributed by atoms with Gasteiger partial charge < -0.3 is 0 Å². The Kier molecular flexibility index (Phi) is 13.6. The zero-order valence-corrected chi connectivity index (χ0v) is 34.0. The fourth-order valence-electron chi connectivity index (χ4n) is 6.65. The number of hydrogen-bond donors (Lipinski definition) is 0. The molecule has 0 spiro atoms. The lowest BCUT2D eigenvalue weighted by Gasteiger charge is -2.10. The Morgan fingerprint density at radius 3 is 0.394 bits per heavy atom. The van der Waals surface area contributed by atoms with Crippen LogP contribution in [0.2, 0.25) is 0 Å². The minimum Gasteiger partial charge on any atom is -0.289 e. The first-order valence-electron chi connectivity index (χ1n) is 19.8. The topological polar surface area (TPSA) is 102 Å². The number of benzene rings is 8. The molecule has 8 rings (SSSR count). The number of hydrogen-bond acceptors (Lipinski definition) is 6. The lowest BCUT2D eigenvalue weighted by Crippen LogP contribution is -2.10. The largest absolute Gasteiger partial charge is 0.289 e. The minimum atomic E-state index is -0.517. The van der Waals surface area contributed by atoms with Crippen LogP contribution in [0, 0.1) is 34.9 Å². The molecule has 0 saturated carbocycles. The van der Waals surface area contributed by atoms with E-state index in [1.807, 2.05) is 0 Å². The molecule has 0 aliphatic rings. The van der Waals surface area contributed by atoms with E-state index < -0.39 is 69.6 Å². The zero-order valence-electron chi connectivity index (χ0n) is 34.0. The molecule has 0 bridgehead atoms. The lowest BCUT2D eigenvalue weighted by atomic mass is 9.92. The molecule has 0 fully saturated rings. The number of carbonyl (C=O) groups is 6.